The molecule has 3 nitrogen and oxygen atoms in total. The number of aromatic nitrogens is 1. The van der Waals surface area contributed by atoms with E-state index < -0.39 is 0 Å². The third-order valence-electron chi connectivity index (χ3n) is 1.16. The summed E-state index contributed by atoms with van der Waals surface area (Å²) in [4.78, 5) is 14.4. The van der Waals surface area contributed by atoms with Gasteiger partial charge in [-0.2, -0.15) is 0 Å². The van der Waals surface area contributed by atoms with Crippen molar-refractivity contribution in [3.05, 3.63) is 18.0 Å². The van der Waals surface area contributed by atoms with E-state index in [4.69, 9.17) is 4.74 Å². The Labute approximate surface area is 70.2 Å². The summed E-state index contributed by atoms with van der Waals surface area (Å²) >= 11 is 4.03. The molecule has 1 aromatic heterocycles. The molecule has 0 spiro atoms. The first kappa shape index (κ1) is 8.20. The van der Waals surface area contributed by atoms with Gasteiger partial charge in [-0.05, 0) is 13.0 Å². The van der Waals surface area contributed by atoms with E-state index in [0.29, 0.717) is 12.3 Å². The third-order valence-corrected chi connectivity index (χ3v) is 1.42. The van der Waals surface area contributed by atoms with Crippen LogP contribution in [0.25, 0.3) is 0 Å². The average molecular weight is 171 g/mol. The van der Waals surface area contributed by atoms with Crippen LogP contribution in [0.15, 0.2) is 17.2 Å². The fraction of sp³-hybridized carbons (Fsp3) is 0.286. The minimum absolute atomic E-state index is 0.340. The summed E-state index contributed by atoms with van der Waals surface area (Å²) in [5.74, 6) is -0.340. The maximum Gasteiger partial charge on any atom is 0.354 e. The minimum atomic E-state index is -0.340. The Hall–Kier alpha value is -0.900. The van der Waals surface area contributed by atoms with Crippen LogP contribution in [0, 0.1) is 0 Å². The van der Waals surface area contributed by atoms with Crippen molar-refractivity contribution in [1.82, 2.24) is 4.98 Å². The predicted molar refractivity (Wildman–Crippen MR) is 44.0 cm³/mol. The molecule has 0 aliphatic rings. The second kappa shape index (κ2) is 3.48. The number of hydrogen-bond donors (Lipinski definition) is 2. The molecule has 1 aromatic rings. The number of carbonyl (C=O) groups is 1. The molecule has 0 aliphatic heterocycles. The highest BCUT2D eigenvalue weighted by Gasteiger charge is 2.06. The van der Waals surface area contributed by atoms with Gasteiger partial charge in [0.05, 0.1) is 6.61 Å². The van der Waals surface area contributed by atoms with Gasteiger partial charge in [-0.25, -0.2) is 4.79 Å². The van der Waals surface area contributed by atoms with Gasteiger partial charge in [-0.3, -0.25) is 0 Å². The molecule has 11 heavy (non-hydrogen) atoms. The zero-order chi connectivity index (χ0) is 8.27. The van der Waals surface area contributed by atoms with E-state index in [2.05, 4.69) is 17.6 Å². The molecule has 0 amide bonds. The van der Waals surface area contributed by atoms with Gasteiger partial charge >= 0.3 is 5.97 Å². The van der Waals surface area contributed by atoms with Crippen molar-refractivity contribution in [3.8, 4) is 0 Å². The normalized spacial score (nSPS) is 9.64. The summed E-state index contributed by atoms with van der Waals surface area (Å²) in [5, 5.41) is 0. The first-order valence-corrected chi connectivity index (χ1v) is 3.73. The number of aromatic amines is 1. The van der Waals surface area contributed by atoms with Crippen molar-refractivity contribution in [2.24, 2.45) is 0 Å². The molecule has 4 heteroatoms. The highest BCUT2D eigenvalue weighted by molar-refractivity contribution is 7.80. The van der Waals surface area contributed by atoms with Gasteiger partial charge in [-0.15, -0.1) is 12.6 Å². The summed E-state index contributed by atoms with van der Waals surface area (Å²) in [5.41, 5.74) is 0.442. The fourth-order valence-electron chi connectivity index (χ4n) is 0.710. The predicted octanol–water partition coefficient (Wildman–Crippen LogP) is 1.48. The molecule has 0 aromatic carbocycles. The van der Waals surface area contributed by atoms with Crippen molar-refractivity contribution >= 4 is 18.6 Å². The summed E-state index contributed by atoms with van der Waals surface area (Å²) in [6, 6.07) is 1.63. The first-order chi connectivity index (χ1) is 5.24. The molecule has 0 unspecified atom stereocenters. The van der Waals surface area contributed by atoms with Crippen LogP contribution in [0.4, 0.5) is 0 Å². The van der Waals surface area contributed by atoms with Crippen LogP contribution in [0.5, 0.6) is 0 Å². The number of nitrogens with one attached hydrogen (secondary N) is 1. The summed E-state index contributed by atoms with van der Waals surface area (Å²) in [6.07, 6.45) is 1.63. The second-order valence-corrected chi connectivity index (χ2v) is 2.51. The van der Waals surface area contributed by atoms with Crippen LogP contribution in [0.1, 0.15) is 17.4 Å². The molecule has 1 rings (SSSR count). The van der Waals surface area contributed by atoms with E-state index in [1.54, 1.807) is 19.2 Å². The van der Waals surface area contributed by atoms with E-state index >= 15 is 0 Å². The molecule has 1 N–H and O–H groups in total. The average Bonchev–Trinajstić information content (AvgIpc) is 2.36. The van der Waals surface area contributed by atoms with Crippen molar-refractivity contribution in [3.63, 3.8) is 0 Å². The topological polar surface area (TPSA) is 42.1 Å². The Bertz CT molecular complexity index is 257. The van der Waals surface area contributed by atoms with Crippen LogP contribution in [-0.2, 0) is 4.74 Å². The van der Waals surface area contributed by atoms with E-state index in [1.807, 2.05) is 0 Å². The maximum atomic E-state index is 11.0. The van der Waals surface area contributed by atoms with Crippen molar-refractivity contribution < 1.29 is 9.53 Å². The number of hydrogen-bond acceptors (Lipinski definition) is 3. The fourth-order valence-corrected chi connectivity index (χ4v) is 0.903. The first-order valence-electron chi connectivity index (χ1n) is 3.28. The van der Waals surface area contributed by atoms with Crippen molar-refractivity contribution in [2.75, 3.05) is 6.61 Å². The maximum absolute atomic E-state index is 11.0. The number of rotatable bonds is 2. The van der Waals surface area contributed by atoms with E-state index in [-0.39, 0.29) is 5.97 Å². The lowest BCUT2D eigenvalue weighted by atomic mass is 10.4. The lowest BCUT2D eigenvalue weighted by molar-refractivity contribution is 0.0520. The van der Waals surface area contributed by atoms with Crippen LogP contribution in [-0.4, -0.2) is 17.6 Å². The van der Waals surface area contributed by atoms with E-state index in [1.165, 1.54) is 0 Å². The van der Waals surface area contributed by atoms with Crippen LogP contribution < -0.4 is 0 Å². The van der Waals surface area contributed by atoms with Gasteiger partial charge in [0, 0.05) is 11.1 Å². The third kappa shape index (κ3) is 2.01. The van der Waals surface area contributed by atoms with E-state index in [0.717, 1.165) is 4.90 Å². The largest absolute Gasteiger partial charge is 0.461 e. The molecular weight excluding hydrogens is 162 g/mol. The van der Waals surface area contributed by atoms with Gasteiger partial charge in [-0.1, -0.05) is 0 Å². The molecule has 60 valence electrons. The number of H-pyrrole nitrogens is 1. The molecular formula is C7H9NO2S. The number of thiol groups is 1. The quantitative estimate of drug-likeness (QED) is 0.522. The van der Waals surface area contributed by atoms with Gasteiger partial charge in [0.15, 0.2) is 0 Å². The Morgan fingerprint density at radius 1 is 1.82 bits per heavy atom. The standard InChI is InChI=1S/C7H9NO2S/c1-2-10-7(9)6-3-5(11)4-8-6/h3-4,8,11H,2H2,1H3. The highest BCUT2D eigenvalue weighted by atomic mass is 32.1. The lowest BCUT2D eigenvalue weighted by Gasteiger charge is -1.96. The van der Waals surface area contributed by atoms with Gasteiger partial charge in [0.25, 0.3) is 0 Å². The zero-order valence-corrected chi connectivity index (χ0v) is 7.02. The molecule has 0 saturated carbocycles. The van der Waals surface area contributed by atoms with Crippen LogP contribution in [0.3, 0.4) is 0 Å². The zero-order valence-electron chi connectivity index (χ0n) is 6.13. The van der Waals surface area contributed by atoms with E-state index in [9.17, 15) is 4.79 Å². The second-order valence-electron chi connectivity index (χ2n) is 1.99. The monoisotopic (exact) mass is 171 g/mol. The van der Waals surface area contributed by atoms with Gasteiger partial charge in [0.2, 0.25) is 0 Å². The summed E-state index contributed by atoms with van der Waals surface area (Å²) in [7, 11) is 0. The number of ether oxygens (including phenoxy) is 1. The number of carbonyl (C=O) groups excluding carboxylic acids is 1. The van der Waals surface area contributed by atoms with Crippen LogP contribution in [0.2, 0.25) is 0 Å². The molecule has 0 bridgehead atoms. The molecule has 0 fully saturated rings. The Morgan fingerprint density at radius 2 is 2.55 bits per heavy atom. The van der Waals surface area contributed by atoms with Crippen LogP contribution >= 0.6 is 12.6 Å². The Kier molecular flexibility index (Phi) is 2.59. The molecule has 0 atom stereocenters. The SMILES string of the molecule is CCOC(=O)c1cc(S)c[nH]1. The van der Waals surface area contributed by atoms with Crippen molar-refractivity contribution in [1.29, 1.82) is 0 Å². The minimum Gasteiger partial charge on any atom is -0.461 e. The number of esters is 1. The smallest absolute Gasteiger partial charge is 0.354 e. The van der Waals surface area contributed by atoms with Gasteiger partial charge < -0.3 is 9.72 Å². The molecule has 1 heterocycles. The summed E-state index contributed by atoms with van der Waals surface area (Å²) in [6.45, 7) is 2.15. The molecule has 0 saturated heterocycles. The Morgan fingerprint density at radius 3 is 3.00 bits per heavy atom. The van der Waals surface area contributed by atoms with Crippen molar-refractivity contribution in [2.45, 2.75) is 11.8 Å². The van der Waals surface area contributed by atoms with Gasteiger partial charge in [0.1, 0.15) is 5.69 Å². The molecule has 0 radical (unpaired) electrons. The summed E-state index contributed by atoms with van der Waals surface area (Å²) < 4.78 is 4.74. The highest BCUT2D eigenvalue weighted by Crippen LogP contribution is 2.07. The molecule has 0 aliphatic carbocycles. The lowest BCUT2D eigenvalue weighted by Crippen LogP contribution is -2.04. The Balaban J connectivity index is 2.69.